The minimum absolute atomic E-state index is 0.191. The van der Waals surface area contributed by atoms with Crippen LogP contribution < -0.4 is 5.73 Å². The molecule has 0 unspecified atom stereocenters. The molecule has 0 aromatic carbocycles. The van der Waals surface area contributed by atoms with Crippen molar-refractivity contribution in [1.82, 2.24) is 0 Å². The van der Waals surface area contributed by atoms with Crippen LogP contribution in [0.3, 0.4) is 0 Å². The zero-order valence-electron chi connectivity index (χ0n) is 7.66. The number of hydrogen-bond donors (Lipinski definition) is 2. The van der Waals surface area contributed by atoms with E-state index in [1.165, 1.54) is 10.4 Å². The molecule has 0 bridgehead atoms. The number of carboxylic acid groups (broad SMARTS) is 1. The molecule has 0 saturated heterocycles. The van der Waals surface area contributed by atoms with Crippen LogP contribution in [0.25, 0.3) is 0 Å². The molecule has 0 fully saturated rings. The summed E-state index contributed by atoms with van der Waals surface area (Å²) in [7, 11) is 0. The monoisotopic (exact) mass is 213 g/mol. The van der Waals surface area contributed by atoms with Gasteiger partial charge in [-0.05, 0) is 24.3 Å². The molecule has 0 amide bonds. The Bertz CT molecular complexity index is 417. The van der Waals surface area contributed by atoms with E-state index in [2.05, 4.69) is 6.07 Å². The van der Waals surface area contributed by atoms with Crippen molar-refractivity contribution >= 4 is 17.6 Å². The number of rotatable bonds is 3. The van der Waals surface area contributed by atoms with Gasteiger partial charge in [-0.2, -0.15) is 0 Å². The van der Waals surface area contributed by atoms with Gasteiger partial charge < -0.3 is 10.8 Å². The molecule has 2 rings (SSSR count). The predicted octanol–water partition coefficient (Wildman–Crippen LogP) is 1.75. The number of carboxylic acids is 1. The van der Waals surface area contributed by atoms with E-state index in [1.54, 1.807) is 0 Å². The summed E-state index contributed by atoms with van der Waals surface area (Å²) in [6, 6.07) is 6.05. The lowest BCUT2D eigenvalue weighted by molar-refractivity contribution is -0.137. The highest BCUT2D eigenvalue weighted by molar-refractivity contribution is 6.31. The number of benzene rings is 1. The highest BCUT2D eigenvalue weighted by Gasteiger charge is 1.99. The Kier molecular flexibility index (Phi) is 3.92. The largest absolute Gasteiger partial charge is 0.481 e. The van der Waals surface area contributed by atoms with E-state index in [4.69, 9.17) is 22.4 Å². The van der Waals surface area contributed by atoms with Crippen LogP contribution in [-0.2, 0) is 4.79 Å². The second-order valence-electron chi connectivity index (χ2n) is 2.98. The van der Waals surface area contributed by atoms with E-state index >= 15 is 0 Å². The van der Waals surface area contributed by atoms with Crippen LogP contribution >= 0.6 is 11.6 Å². The number of aliphatic carboxylic acids is 1. The van der Waals surface area contributed by atoms with Gasteiger partial charge in [-0.3, -0.25) is 4.79 Å². The quantitative estimate of drug-likeness (QED) is 0.817. The molecule has 0 atom stereocenters. The Morgan fingerprint density at radius 2 is 2.21 bits per heavy atom. The third-order valence-electron chi connectivity index (χ3n) is 1.87. The van der Waals surface area contributed by atoms with Crippen molar-refractivity contribution in [2.75, 3.05) is 6.54 Å². The van der Waals surface area contributed by atoms with E-state index in [9.17, 15) is 4.79 Å². The zero-order valence-corrected chi connectivity index (χ0v) is 8.42. The molecule has 3 N–H and O–H groups in total. The van der Waals surface area contributed by atoms with Crippen molar-refractivity contribution < 1.29 is 9.90 Å². The van der Waals surface area contributed by atoms with Gasteiger partial charge in [0.1, 0.15) is 0 Å². The van der Waals surface area contributed by atoms with Gasteiger partial charge in [0.2, 0.25) is 0 Å². The van der Waals surface area contributed by atoms with Gasteiger partial charge in [0.05, 0.1) is 0 Å². The van der Waals surface area contributed by atoms with Gasteiger partial charge in [0, 0.05) is 16.7 Å². The van der Waals surface area contributed by atoms with Gasteiger partial charge in [0.15, 0.2) is 0 Å². The van der Waals surface area contributed by atoms with Crippen LogP contribution in [0.15, 0.2) is 18.2 Å². The zero-order chi connectivity index (χ0) is 10.6. The maximum Gasteiger partial charge on any atom is 0.303 e. The lowest BCUT2D eigenvalue weighted by Gasteiger charge is -2.01. The van der Waals surface area contributed by atoms with Crippen LogP contribution in [0.2, 0.25) is 5.02 Å². The topological polar surface area (TPSA) is 63.3 Å². The van der Waals surface area contributed by atoms with Crippen LogP contribution in [0.1, 0.15) is 12.8 Å². The second-order valence-corrected chi connectivity index (χ2v) is 3.39. The third-order valence-corrected chi connectivity index (χ3v) is 2.19. The lowest BCUT2D eigenvalue weighted by atomic mass is 10.1. The summed E-state index contributed by atoms with van der Waals surface area (Å²) in [5, 5.41) is 11.5. The molecule has 3 nitrogen and oxygen atoms in total. The molecule has 2 aliphatic rings. The molecule has 4 heteroatoms. The van der Waals surface area contributed by atoms with Crippen LogP contribution in [0, 0.1) is 10.4 Å². The van der Waals surface area contributed by atoms with Gasteiger partial charge in [-0.25, -0.2) is 0 Å². The van der Waals surface area contributed by atoms with Crippen LogP contribution in [-0.4, -0.2) is 17.6 Å². The Balaban J connectivity index is 0.000000140. The van der Waals surface area contributed by atoms with E-state index in [0.717, 1.165) is 5.02 Å². The fourth-order valence-electron chi connectivity index (χ4n) is 0.996. The highest BCUT2D eigenvalue weighted by atomic mass is 35.5. The molecule has 76 valence electrons. The van der Waals surface area contributed by atoms with Crippen molar-refractivity contribution in [2.45, 2.75) is 12.8 Å². The fraction of sp³-hybridized carbons (Fsp3) is 0.300. The average molecular weight is 214 g/mol. The number of halogens is 1. The standard InChI is InChI=1S/C6H3Cl.C4H9NO2/c7-6-3-4-1-2-5(4)6;5-3-1-2-4(6)7/h1-3H;1-3,5H2,(H,6,7). The number of nitrogens with two attached hydrogens (primary N) is 1. The first-order valence-electron chi connectivity index (χ1n) is 4.37. The summed E-state index contributed by atoms with van der Waals surface area (Å²) in [6.07, 6.45) is 0.770. The van der Waals surface area contributed by atoms with E-state index in [0.29, 0.717) is 13.0 Å². The molecule has 0 aromatic heterocycles. The second kappa shape index (κ2) is 4.98. The first kappa shape index (κ1) is 11.0. The summed E-state index contributed by atoms with van der Waals surface area (Å²) < 4.78 is 0. The first-order valence-corrected chi connectivity index (χ1v) is 4.74. The van der Waals surface area contributed by atoms with Crippen molar-refractivity contribution in [3.8, 4) is 0 Å². The summed E-state index contributed by atoms with van der Waals surface area (Å²) in [5.41, 5.74) is 5.01. The molecule has 2 aliphatic carbocycles. The molecule has 0 saturated carbocycles. The number of carbonyl (C=O) groups is 1. The summed E-state index contributed by atoms with van der Waals surface area (Å²) in [6.45, 7) is 0.465. The van der Waals surface area contributed by atoms with E-state index < -0.39 is 5.97 Å². The SMILES string of the molecule is Clc1cc2ccc1=2.NCCCC(=O)O. The molecule has 0 radical (unpaired) electrons. The highest BCUT2D eigenvalue weighted by Crippen LogP contribution is 2.20. The van der Waals surface area contributed by atoms with E-state index in [1.807, 2.05) is 12.1 Å². The van der Waals surface area contributed by atoms with E-state index in [-0.39, 0.29) is 6.42 Å². The van der Waals surface area contributed by atoms with Gasteiger partial charge >= 0.3 is 5.97 Å². The smallest absolute Gasteiger partial charge is 0.303 e. The van der Waals surface area contributed by atoms with Gasteiger partial charge in [-0.1, -0.05) is 23.7 Å². The molecule has 14 heavy (non-hydrogen) atoms. The molecule has 0 heterocycles. The first-order chi connectivity index (χ1) is 6.65. The molecule has 0 aliphatic heterocycles. The summed E-state index contributed by atoms with van der Waals surface area (Å²) in [4.78, 5) is 9.70. The van der Waals surface area contributed by atoms with Crippen molar-refractivity contribution in [3.05, 3.63) is 33.7 Å². The minimum Gasteiger partial charge on any atom is -0.481 e. The van der Waals surface area contributed by atoms with Crippen molar-refractivity contribution in [3.63, 3.8) is 0 Å². The normalized spacial score (nSPS) is 10.1. The Hall–Kier alpha value is -1.06. The van der Waals surface area contributed by atoms with Crippen molar-refractivity contribution in [2.24, 2.45) is 5.73 Å². The average Bonchev–Trinajstić information content (AvgIpc) is 2.11. The molecular formula is C10H12ClNO2. The number of hydrogen-bond acceptors (Lipinski definition) is 2. The lowest BCUT2D eigenvalue weighted by Crippen LogP contribution is -2.02. The molecule has 0 aromatic rings. The van der Waals surface area contributed by atoms with Crippen LogP contribution in [0.5, 0.6) is 0 Å². The van der Waals surface area contributed by atoms with Gasteiger partial charge in [-0.15, -0.1) is 0 Å². The maximum atomic E-state index is 9.70. The minimum atomic E-state index is -0.773. The molecule has 0 spiro atoms. The fourth-order valence-corrected chi connectivity index (χ4v) is 1.29. The Morgan fingerprint density at radius 3 is 2.29 bits per heavy atom. The van der Waals surface area contributed by atoms with Gasteiger partial charge in [0.25, 0.3) is 0 Å². The third kappa shape index (κ3) is 2.72. The maximum absolute atomic E-state index is 9.70. The van der Waals surface area contributed by atoms with Crippen molar-refractivity contribution in [1.29, 1.82) is 0 Å². The molecular weight excluding hydrogens is 202 g/mol. The Labute approximate surface area is 86.8 Å². The summed E-state index contributed by atoms with van der Waals surface area (Å²) >= 11 is 5.60. The summed E-state index contributed by atoms with van der Waals surface area (Å²) in [5.74, 6) is -0.773. The Morgan fingerprint density at radius 1 is 1.50 bits per heavy atom. The predicted molar refractivity (Wildman–Crippen MR) is 55.0 cm³/mol. The van der Waals surface area contributed by atoms with Crippen LogP contribution in [0.4, 0.5) is 0 Å².